The third-order valence-corrected chi connectivity index (χ3v) is 5.35. The minimum atomic E-state index is 0.0495. The van der Waals surface area contributed by atoms with Crippen molar-refractivity contribution in [2.24, 2.45) is 23.5 Å². The Hall–Kier alpha value is -0.380. The number of hydrogen-bond acceptors (Lipinski definition) is 3. The second kappa shape index (κ2) is 3.83. The van der Waals surface area contributed by atoms with Crippen LogP contribution in [-0.4, -0.2) is 11.8 Å². The Morgan fingerprint density at radius 3 is 2.69 bits per heavy atom. The molecule has 4 unspecified atom stereocenters. The summed E-state index contributed by atoms with van der Waals surface area (Å²) < 4.78 is 0.681. The number of nitrogens with two attached hydrogens (primary N) is 1. The highest BCUT2D eigenvalue weighted by Crippen LogP contribution is 2.49. The summed E-state index contributed by atoms with van der Waals surface area (Å²) in [4.78, 5) is 13.1. The molecule has 2 aliphatic rings. The molecule has 86 valence electrons. The average Bonchev–Trinajstić information content (AvgIpc) is 2.92. The Labute approximate surface area is 104 Å². The van der Waals surface area contributed by atoms with Crippen LogP contribution in [0.25, 0.3) is 0 Å². The van der Waals surface area contributed by atoms with Gasteiger partial charge in [-0.1, -0.05) is 11.6 Å². The lowest BCUT2D eigenvalue weighted by Crippen LogP contribution is -2.40. The van der Waals surface area contributed by atoms with Crippen LogP contribution >= 0.6 is 22.9 Å². The quantitative estimate of drug-likeness (QED) is 0.826. The number of fused-ring (bicyclic) bond motifs is 2. The van der Waals surface area contributed by atoms with Gasteiger partial charge in [0.15, 0.2) is 5.78 Å². The van der Waals surface area contributed by atoms with Gasteiger partial charge in [-0.15, -0.1) is 11.3 Å². The van der Waals surface area contributed by atoms with E-state index in [1.807, 2.05) is 6.07 Å². The average molecular weight is 256 g/mol. The van der Waals surface area contributed by atoms with Crippen molar-refractivity contribution in [3.05, 3.63) is 21.3 Å². The maximum absolute atomic E-state index is 12.3. The predicted octanol–water partition coefficient (Wildman–Crippen LogP) is 2.96. The molecule has 1 heterocycles. The van der Waals surface area contributed by atoms with Crippen LogP contribution in [0.2, 0.25) is 4.34 Å². The molecule has 0 amide bonds. The Bertz CT molecular complexity index is 428. The van der Waals surface area contributed by atoms with Gasteiger partial charge in [-0.3, -0.25) is 4.79 Å². The van der Waals surface area contributed by atoms with Crippen molar-refractivity contribution in [1.82, 2.24) is 0 Å². The van der Waals surface area contributed by atoms with Crippen LogP contribution < -0.4 is 5.73 Å². The van der Waals surface area contributed by atoms with Gasteiger partial charge in [-0.05, 0) is 43.2 Å². The molecule has 2 nitrogen and oxygen atoms in total. The lowest BCUT2D eigenvalue weighted by atomic mass is 9.82. The largest absolute Gasteiger partial charge is 0.327 e. The van der Waals surface area contributed by atoms with Crippen molar-refractivity contribution in [2.75, 3.05) is 0 Å². The first kappa shape index (κ1) is 10.8. The van der Waals surface area contributed by atoms with Crippen LogP contribution in [0.1, 0.15) is 28.9 Å². The van der Waals surface area contributed by atoms with Crippen LogP contribution in [0, 0.1) is 17.8 Å². The topological polar surface area (TPSA) is 43.1 Å². The standard InChI is InChI=1S/C12H14ClNOS/c13-9-4-3-8(16-9)12(15)10-6-1-2-7(5-6)11(10)14/h3-4,6-7,10-11H,1-2,5,14H2. The fourth-order valence-electron chi connectivity index (χ4n) is 3.34. The summed E-state index contributed by atoms with van der Waals surface area (Å²) in [6.45, 7) is 0. The van der Waals surface area contributed by atoms with E-state index >= 15 is 0 Å². The molecule has 0 aliphatic heterocycles. The summed E-state index contributed by atoms with van der Waals surface area (Å²) in [7, 11) is 0. The first-order chi connectivity index (χ1) is 7.66. The molecule has 0 aromatic carbocycles. The summed E-state index contributed by atoms with van der Waals surface area (Å²) in [6, 6.07) is 3.69. The Balaban J connectivity index is 1.86. The Morgan fingerprint density at radius 1 is 1.38 bits per heavy atom. The Morgan fingerprint density at radius 2 is 2.12 bits per heavy atom. The zero-order valence-corrected chi connectivity index (χ0v) is 10.4. The summed E-state index contributed by atoms with van der Waals surface area (Å²) in [5, 5.41) is 0. The third kappa shape index (κ3) is 1.53. The maximum atomic E-state index is 12.3. The van der Waals surface area contributed by atoms with Gasteiger partial charge in [0.25, 0.3) is 0 Å². The van der Waals surface area contributed by atoms with E-state index in [0.29, 0.717) is 16.2 Å². The number of hydrogen-bond donors (Lipinski definition) is 1. The summed E-state index contributed by atoms with van der Waals surface area (Å²) in [5.74, 6) is 1.37. The molecule has 3 rings (SSSR count). The number of rotatable bonds is 2. The van der Waals surface area contributed by atoms with Crippen molar-refractivity contribution < 1.29 is 4.79 Å². The van der Waals surface area contributed by atoms with E-state index in [1.54, 1.807) is 6.07 Å². The van der Waals surface area contributed by atoms with Crippen molar-refractivity contribution in [1.29, 1.82) is 0 Å². The number of carbonyl (C=O) groups is 1. The minimum absolute atomic E-state index is 0.0495. The molecule has 1 aromatic rings. The molecular formula is C12H14ClNOS. The van der Waals surface area contributed by atoms with Gasteiger partial charge in [0.05, 0.1) is 9.21 Å². The lowest BCUT2D eigenvalue weighted by molar-refractivity contribution is 0.0860. The van der Waals surface area contributed by atoms with E-state index in [1.165, 1.54) is 24.2 Å². The van der Waals surface area contributed by atoms with Crippen LogP contribution in [-0.2, 0) is 0 Å². The molecular weight excluding hydrogens is 242 g/mol. The van der Waals surface area contributed by atoms with E-state index in [-0.39, 0.29) is 17.7 Å². The highest BCUT2D eigenvalue weighted by molar-refractivity contribution is 7.18. The van der Waals surface area contributed by atoms with E-state index in [2.05, 4.69) is 0 Å². The first-order valence-electron chi connectivity index (χ1n) is 5.72. The number of ketones is 1. The lowest BCUT2D eigenvalue weighted by Gasteiger charge is -2.26. The van der Waals surface area contributed by atoms with Crippen molar-refractivity contribution in [3.63, 3.8) is 0 Å². The van der Waals surface area contributed by atoms with Crippen LogP contribution in [0.3, 0.4) is 0 Å². The zero-order valence-electron chi connectivity index (χ0n) is 8.86. The molecule has 4 heteroatoms. The third-order valence-electron chi connectivity index (χ3n) is 4.10. The molecule has 1 aromatic heterocycles. The van der Waals surface area contributed by atoms with Crippen molar-refractivity contribution in [2.45, 2.75) is 25.3 Å². The Kier molecular flexibility index (Phi) is 2.57. The van der Waals surface area contributed by atoms with Gasteiger partial charge in [-0.25, -0.2) is 0 Å². The molecule has 2 bridgehead atoms. The molecule has 0 saturated heterocycles. The monoisotopic (exact) mass is 255 g/mol. The SMILES string of the molecule is NC1C2CCC(C2)C1C(=O)c1ccc(Cl)s1. The van der Waals surface area contributed by atoms with E-state index in [4.69, 9.17) is 17.3 Å². The fraction of sp³-hybridized carbons (Fsp3) is 0.583. The maximum Gasteiger partial charge on any atom is 0.177 e. The number of thiophene rings is 1. The number of carbonyl (C=O) groups excluding carboxylic acids is 1. The van der Waals surface area contributed by atoms with Crippen LogP contribution in [0.15, 0.2) is 12.1 Å². The molecule has 0 spiro atoms. The molecule has 2 fully saturated rings. The predicted molar refractivity (Wildman–Crippen MR) is 66.0 cm³/mol. The summed E-state index contributed by atoms with van der Waals surface area (Å²) in [6.07, 6.45) is 3.53. The van der Waals surface area contributed by atoms with Gasteiger partial charge in [0, 0.05) is 12.0 Å². The first-order valence-corrected chi connectivity index (χ1v) is 6.91. The number of halogens is 1. The summed E-state index contributed by atoms with van der Waals surface area (Å²) in [5.41, 5.74) is 6.16. The van der Waals surface area contributed by atoms with Crippen LogP contribution in [0.4, 0.5) is 0 Å². The summed E-state index contributed by atoms with van der Waals surface area (Å²) >= 11 is 7.23. The molecule has 2 aliphatic carbocycles. The van der Waals surface area contributed by atoms with Gasteiger partial charge < -0.3 is 5.73 Å². The zero-order chi connectivity index (χ0) is 11.3. The molecule has 4 atom stereocenters. The highest BCUT2D eigenvalue weighted by atomic mass is 35.5. The van der Waals surface area contributed by atoms with Crippen LogP contribution in [0.5, 0.6) is 0 Å². The smallest absolute Gasteiger partial charge is 0.177 e. The van der Waals surface area contributed by atoms with Crippen molar-refractivity contribution in [3.8, 4) is 0 Å². The second-order valence-electron chi connectivity index (χ2n) is 4.90. The van der Waals surface area contributed by atoms with Gasteiger partial charge >= 0.3 is 0 Å². The minimum Gasteiger partial charge on any atom is -0.327 e. The van der Waals surface area contributed by atoms with E-state index in [0.717, 1.165) is 11.3 Å². The normalized spacial score (nSPS) is 36.9. The molecule has 2 N–H and O–H groups in total. The van der Waals surface area contributed by atoms with E-state index < -0.39 is 0 Å². The van der Waals surface area contributed by atoms with Gasteiger partial charge in [0.1, 0.15) is 0 Å². The second-order valence-corrected chi connectivity index (χ2v) is 6.62. The van der Waals surface area contributed by atoms with Crippen molar-refractivity contribution >= 4 is 28.7 Å². The molecule has 0 radical (unpaired) electrons. The highest BCUT2D eigenvalue weighted by Gasteiger charge is 2.49. The molecule has 2 saturated carbocycles. The van der Waals surface area contributed by atoms with Gasteiger partial charge in [-0.2, -0.15) is 0 Å². The van der Waals surface area contributed by atoms with Gasteiger partial charge in [0.2, 0.25) is 0 Å². The molecule has 16 heavy (non-hydrogen) atoms. The number of Topliss-reactive ketones (excluding diaryl/α,β-unsaturated/α-hetero) is 1. The fourth-order valence-corrected chi connectivity index (χ4v) is 4.37. The van der Waals surface area contributed by atoms with E-state index in [9.17, 15) is 4.79 Å².